The Morgan fingerprint density at radius 3 is 2.09 bits per heavy atom. The van der Waals surface area contributed by atoms with E-state index in [1.807, 2.05) is 89.8 Å². The summed E-state index contributed by atoms with van der Waals surface area (Å²) in [7, 11) is 0. The number of benzene rings is 4. The van der Waals surface area contributed by atoms with Gasteiger partial charge < -0.3 is 14.7 Å². The number of carboxylic acid groups (broad SMARTS) is 1. The molecule has 248 valence electrons. The summed E-state index contributed by atoms with van der Waals surface area (Å²) in [5, 5.41) is 8.80. The van der Waals surface area contributed by atoms with E-state index in [0.29, 0.717) is 38.2 Å². The van der Waals surface area contributed by atoms with Crippen LogP contribution in [-0.2, 0) is 23.1 Å². The molecule has 6 nitrogen and oxygen atoms in total. The minimum Gasteiger partial charge on any atom is -0.493 e. The average molecular weight is 666 g/mol. The van der Waals surface area contributed by atoms with Crippen LogP contribution in [0.5, 0.6) is 5.75 Å². The van der Waals surface area contributed by atoms with E-state index in [4.69, 9.17) is 21.4 Å². The molecular formula is C37H39ClF3N3O3. The summed E-state index contributed by atoms with van der Waals surface area (Å²) in [6, 6.07) is 31.9. The molecule has 1 N–H and O–H groups in total. The molecule has 47 heavy (non-hydrogen) atoms. The monoisotopic (exact) mass is 665 g/mol. The number of aliphatic carboxylic acids is 1. The minimum absolute atomic E-state index is 0.0432. The standard InChI is InChI=1S/C37H39ClF3N3O3/c1-36(29-12-4-2-5-13-29,30-14-6-3-7-15-30)44(26-28-11-8-18-33(35(28)38)37(39,40)41)19-10-24-47-32-17-9-16-31(25-32)43-22-20-42(21-23-43)27-34(45)46/h2-9,11-18,25H,10,19-24,26-27H2,1H3,(H,45,46). The Balaban J connectivity index is 1.35. The number of alkyl halides is 3. The molecule has 1 aliphatic rings. The van der Waals surface area contributed by atoms with Gasteiger partial charge in [0.1, 0.15) is 5.75 Å². The van der Waals surface area contributed by atoms with Crippen LogP contribution >= 0.6 is 11.6 Å². The number of anilines is 1. The SMILES string of the molecule is CC(c1ccccc1)(c1ccccc1)N(CCCOc1cccc(N2CCN(CC(=O)O)CC2)c1)Cc1cccc(C(F)(F)F)c1Cl. The van der Waals surface area contributed by atoms with Crippen molar-refractivity contribution in [2.75, 3.05) is 50.8 Å². The van der Waals surface area contributed by atoms with Crippen LogP contribution in [0.1, 0.15) is 35.6 Å². The van der Waals surface area contributed by atoms with Crippen LogP contribution in [0.2, 0.25) is 5.02 Å². The summed E-state index contributed by atoms with van der Waals surface area (Å²) >= 11 is 6.43. The largest absolute Gasteiger partial charge is 0.493 e. The first-order valence-corrected chi connectivity index (χ1v) is 16.1. The number of carbonyl (C=O) groups is 1. The van der Waals surface area contributed by atoms with E-state index in [9.17, 15) is 18.0 Å². The topological polar surface area (TPSA) is 56.2 Å². The van der Waals surface area contributed by atoms with Crippen LogP contribution in [0, 0.1) is 0 Å². The van der Waals surface area contributed by atoms with Gasteiger partial charge in [-0.2, -0.15) is 13.2 Å². The van der Waals surface area contributed by atoms with E-state index in [0.717, 1.165) is 41.7 Å². The maximum absolute atomic E-state index is 13.8. The van der Waals surface area contributed by atoms with Crippen LogP contribution in [0.3, 0.4) is 0 Å². The van der Waals surface area contributed by atoms with Crippen molar-refractivity contribution in [3.8, 4) is 5.75 Å². The first-order valence-electron chi connectivity index (χ1n) is 15.7. The zero-order valence-corrected chi connectivity index (χ0v) is 27.1. The van der Waals surface area contributed by atoms with E-state index in [-0.39, 0.29) is 18.1 Å². The van der Waals surface area contributed by atoms with E-state index >= 15 is 0 Å². The van der Waals surface area contributed by atoms with E-state index in [1.54, 1.807) is 6.07 Å². The lowest BCUT2D eigenvalue weighted by Crippen LogP contribution is -2.47. The highest BCUT2D eigenvalue weighted by Crippen LogP contribution is 2.40. The van der Waals surface area contributed by atoms with Crippen molar-refractivity contribution >= 4 is 23.3 Å². The molecule has 0 radical (unpaired) electrons. The van der Waals surface area contributed by atoms with Crippen molar-refractivity contribution in [3.05, 3.63) is 130 Å². The molecule has 4 aromatic carbocycles. The predicted octanol–water partition coefficient (Wildman–Crippen LogP) is 7.80. The molecular weight excluding hydrogens is 627 g/mol. The van der Waals surface area contributed by atoms with Crippen molar-refractivity contribution in [2.45, 2.75) is 31.6 Å². The zero-order chi connectivity index (χ0) is 33.4. The zero-order valence-electron chi connectivity index (χ0n) is 26.3. The molecule has 0 aromatic heterocycles. The summed E-state index contributed by atoms with van der Waals surface area (Å²) in [5.41, 5.74) is 1.89. The molecule has 4 aromatic rings. The second-order valence-corrected chi connectivity index (χ2v) is 12.2. The summed E-state index contributed by atoms with van der Waals surface area (Å²) in [6.45, 7) is 6.02. The number of hydrogen-bond acceptors (Lipinski definition) is 5. The van der Waals surface area contributed by atoms with Crippen molar-refractivity contribution in [1.82, 2.24) is 9.80 Å². The van der Waals surface area contributed by atoms with E-state index in [2.05, 4.69) is 16.7 Å². The van der Waals surface area contributed by atoms with Crippen LogP contribution in [0.15, 0.2) is 103 Å². The lowest BCUT2D eigenvalue weighted by atomic mass is 9.82. The summed E-state index contributed by atoms with van der Waals surface area (Å²) in [6.07, 6.45) is -3.96. The highest BCUT2D eigenvalue weighted by atomic mass is 35.5. The Morgan fingerprint density at radius 2 is 1.49 bits per heavy atom. The van der Waals surface area contributed by atoms with Gasteiger partial charge in [-0.15, -0.1) is 0 Å². The van der Waals surface area contributed by atoms with Gasteiger partial charge in [0.25, 0.3) is 0 Å². The molecule has 0 atom stereocenters. The summed E-state index contributed by atoms with van der Waals surface area (Å²) in [4.78, 5) is 17.4. The summed E-state index contributed by atoms with van der Waals surface area (Å²) in [5.74, 6) is -0.102. The van der Waals surface area contributed by atoms with Crippen LogP contribution in [0.25, 0.3) is 0 Å². The van der Waals surface area contributed by atoms with Gasteiger partial charge in [-0.1, -0.05) is 90.5 Å². The lowest BCUT2D eigenvalue weighted by molar-refractivity contribution is -0.139. The first-order chi connectivity index (χ1) is 22.6. The van der Waals surface area contributed by atoms with Crippen LogP contribution < -0.4 is 9.64 Å². The van der Waals surface area contributed by atoms with Gasteiger partial charge in [0.2, 0.25) is 0 Å². The number of hydrogen-bond donors (Lipinski definition) is 1. The molecule has 0 saturated carbocycles. The third-order valence-corrected chi connectivity index (χ3v) is 9.25. The number of ether oxygens (including phenoxy) is 1. The fourth-order valence-electron chi connectivity index (χ4n) is 6.22. The highest BCUT2D eigenvalue weighted by molar-refractivity contribution is 6.32. The predicted molar refractivity (Wildman–Crippen MR) is 179 cm³/mol. The number of nitrogens with zero attached hydrogens (tertiary/aromatic N) is 3. The Kier molecular flexibility index (Phi) is 11.1. The van der Waals surface area contributed by atoms with Crippen LogP contribution in [-0.4, -0.2) is 66.8 Å². The summed E-state index contributed by atoms with van der Waals surface area (Å²) < 4.78 is 47.6. The molecule has 0 spiro atoms. The van der Waals surface area contributed by atoms with Crippen LogP contribution in [0.4, 0.5) is 18.9 Å². The molecule has 1 aliphatic heterocycles. The molecule has 10 heteroatoms. The fraction of sp³-hybridized carbons (Fsp3) is 0.324. The average Bonchev–Trinajstić information content (AvgIpc) is 3.07. The molecule has 1 heterocycles. The number of rotatable bonds is 13. The lowest BCUT2D eigenvalue weighted by Gasteiger charge is -2.43. The molecule has 5 rings (SSSR count). The fourth-order valence-corrected chi connectivity index (χ4v) is 6.51. The van der Waals surface area contributed by atoms with Gasteiger partial charge in [0.15, 0.2) is 0 Å². The Hall–Kier alpha value is -4.05. The third-order valence-electron chi connectivity index (χ3n) is 8.80. The normalized spacial score (nSPS) is 14.4. The molecule has 0 aliphatic carbocycles. The maximum Gasteiger partial charge on any atom is 0.417 e. The molecule has 0 amide bonds. The highest BCUT2D eigenvalue weighted by Gasteiger charge is 2.38. The maximum atomic E-state index is 13.8. The van der Waals surface area contributed by atoms with Crippen molar-refractivity contribution in [3.63, 3.8) is 0 Å². The van der Waals surface area contributed by atoms with Gasteiger partial charge in [-0.3, -0.25) is 14.6 Å². The van der Waals surface area contributed by atoms with Gasteiger partial charge in [0.05, 0.1) is 29.3 Å². The van der Waals surface area contributed by atoms with Crippen molar-refractivity contribution < 1.29 is 27.8 Å². The second kappa shape index (κ2) is 15.2. The Morgan fingerprint density at radius 1 is 0.872 bits per heavy atom. The Labute approximate surface area is 278 Å². The third kappa shape index (κ3) is 8.46. The quantitative estimate of drug-likeness (QED) is 0.147. The van der Waals surface area contributed by atoms with Gasteiger partial charge in [0, 0.05) is 51.0 Å². The van der Waals surface area contributed by atoms with E-state index in [1.165, 1.54) is 6.07 Å². The molecule has 1 saturated heterocycles. The van der Waals surface area contributed by atoms with Gasteiger partial charge >= 0.3 is 12.1 Å². The van der Waals surface area contributed by atoms with Gasteiger partial charge in [-0.05, 0) is 48.2 Å². The Bertz CT molecular complexity index is 1570. The molecule has 0 bridgehead atoms. The smallest absolute Gasteiger partial charge is 0.417 e. The second-order valence-electron chi connectivity index (χ2n) is 11.9. The number of piperazine rings is 1. The molecule has 0 unspecified atom stereocenters. The number of carboxylic acids is 1. The minimum atomic E-state index is -4.56. The van der Waals surface area contributed by atoms with Gasteiger partial charge in [-0.25, -0.2) is 0 Å². The first kappa shape index (κ1) is 34.3. The van der Waals surface area contributed by atoms with E-state index < -0.39 is 23.2 Å². The van der Waals surface area contributed by atoms with Crippen molar-refractivity contribution in [1.29, 1.82) is 0 Å². The molecule has 1 fully saturated rings. The number of halogens is 4. The van der Waals surface area contributed by atoms with Crippen molar-refractivity contribution in [2.24, 2.45) is 0 Å².